The van der Waals surface area contributed by atoms with Crippen molar-refractivity contribution in [2.75, 3.05) is 13.2 Å². The lowest BCUT2D eigenvalue weighted by Gasteiger charge is -2.26. The molecule has 0 spiro atoms. The smallest absolute Gasteiger partial charge is 0.131 e. The molecule has 2 aromatic carbocycles. The summed E-state index contributed by atoms with van der Waals surface area (Å²) in [6, 6.07) is 8.77. The summed E-state index contributed by atoms with van der Waals surface area (Å²) in [5.41, 5.74) is 4.35. The fourth-order valence-electron chi connectivity index (χ4n) is 5.31. The van der Waals surface area contributed by atoms with Crippen molar-refractivity contribution in [3.63, 3.8) is 0 Å². The van der Waals surface area contributed by atoms with Gasteiger partial charge in [0.05, 0.1) is 13.2 Å². The van der Waals surface area contributed by atoms with Gasteiger partial charge in [-0.1, -0.05) is 121 Å². The van der Waals surface area contributed by atoms with Crippen molar-refractivity contribution in [1.82, 2.24) is 0 Å². The van der Waals surface area contributed by atoms with Crippen LogP contribution in [0.1, 0.15) is 122 Å². The minimum atomic E-state index is 0.810. The van der Waals surface area contributed by atoms with Crippen molar-refractivity contribution in [2.45, 2.75) is 124 Å². The molecule has 1 aliphatic rings. The molecule has 0 aliphatic heterocycles. The van der Waals surface area contributed by atoms with Crippen LogP contribution in [0.4, 0.5) is 0 Å². The Morgan fingerprint density at radius 2 is 1.11 bits per heavy atom. The van der Waals surface area contributed by atoms with Gasteiger partial charge in [-0.3, -0.25) is 0 Å². The molecular weight excluding hydrogens is 428 g/mol. The summed E-state index contributed by atoms with van der Waals surface area (Å²) in [5.74, 6) is 2.24. The Kier molecular flexibility index (Phi) is 12.6. The van der Waals surface area contributed by atoms with Crippen LogP contribution in [-0.4, -0.2) is 13.2 Å². The third-order valence-electron chi connectivity index (χ3n) is 7.42. The van der Waals surface area contributed by atoms with E-state index in [1.807, 2.05) is 0 Å². The van der Waals surface area contributed by atoms with Crippen LogP contribution >= 0.6 is 0 Å². The highest BCUT2D eigenvalue weighted by Gasteiger charge is 2.24. The number of fused-ring (bicyclic) bond motifs is 2. The first kappa shape index (κ1) is 27.6. The zero-order chi connectivity index (χ0) is 24.7. The van der Waals surface area contributed by atoms with Gasteiger partial charge in [-0.25, -0.2) is 0 Å². The minimum absolute atomic E-state index is 0.810. The molecule has 0 N–H and O–H groups in total. The van der Waals surface area contributed by atoms with E-state index < -0.39 is 0 Å². The van der Waals surface area contributed by atoms with Crippen molar-refractivity contribution in [3.05, 3.63) is 47.0 Å². The molecule has 2 aromatic rings. The Bertz CT molecular complexity index is 911. The number of unbranched alkanes of at least 4 members (excludes halogenated alkanes) is 10. The molecule has 0 aromatic heterocycles. The summed E-state index contributed by atoms with van der Waals surface area (Å²) in [7, 11) is 0. The van der Waals surface area contributed by atoms with Crippen molar-refractivity contribution >= 4 is 10.8 Å². The molecule has 0 saturated heterocycles. The van der Waals surface area contributed by atoms with Gasteiger partial charge in [0.15, 0.2) is 0 Å². The number of hydrogen-bond donors (Lipinski definition) is 0. The maximum absolute atomic E-state index is 6.61. The molecule has 0 bridgehead atoms. The van der Waals surface area contributed by atoms with E-state index in [9.17, 15) is 0 Å². The third-order valence-corrected chi connectivity index (χ3v) is 7.42. The monoisotopic (exact) mass is 478 g/mol. The second-order valence-corrected chi connectivity index (χ2v) is 10.4. The zero-order valence-electron chi connectivity index (χ0n) is 22.9. The lowest BCUT2D eigenvalue weighted by atomic mass is 9.85. The highest BCUT2D eigenvalue weighted by Crippen LogP contribution is 2.44. The molecule has 0 radical (unpaired) electrons. The number of rotatable bonds is 18. The van der Waals surface area contributed by atoms with E-state index in [1.165, 1.54) is 98.9 Å². The van der Waals surface area contributed by atoms with Crippen molar-refractivity contribution in [3.8, 4) is 11.5 Å². The topological polar surface area (TPSA) is 18.5 Å². The normalized spacial score (nSPS) is 13.1. The Balaban J connectivity index is 1.83. The Morgan fingerprint density at radius 3 is 1.69 bits per heavy atom. The van der Waals surface area contributed by atoms with Crippen LogP contribution in [0.15, 0.2) is 35.9 Å². The Labute approximate surface area is 215 Å². The molecule has 0 atom stereocenters. The average molecular weight is 479 g/mol. The fourth-order valence-corrected chi connectivity index (χ4v) is 5.31. The van der Waals surface area contributed by atoms with Gasteiger partial charge in [-0.05, 0) is 38.5 Å². The van der Waals surface area contributed by atoms with Crippen LogP contribution in [-0.2, 0) is 12.8 Å². The SMILES string of the molecule is CCCCCCCOc1c2c(c(OCCCCCCC)c3ccccc13)CC(CCCCC)=CC2. The second-order valence-electron chi connectivity index (χ2n) is 10.4. The standard InChI is InChI=1S/C33H50O2/c1-4-7-10-12-17-24-34-32-28-20-15-16-21-29(28)33(35-25-18-13-11-8-5-2)31-26-27(19-14-9-6-3)22-23-30(31)32/h15-16,20-22H,4-14,17-19,23-26H2,1-3H3. The summed E-state index contributed by atoms with van der Waals surface area (Å²) >= 11 is 0. The predicted octanol–water partition coefficient (Wildman–Crippen LogP) is 10.1. The lowest BCUT2D eigenvalue weighted by molar-refractivity contribution is 0.297. The maximum atomic E-state index is 6.61. The summed E-state index contributed by atoms with van der Waals surface area (Å²) in [6.07, 6.45) is 22.2. The molecule has 1 aliphatic carbocycles. The molecule has 0 heterocycles. The number of ether oxygens (including phenoxy) is 2. The van der Waals surface area contributed by atoms with Gasteiger partial charge < -0.3 is 9.47 Å². The highest BCUT2D eigenvalue weighted by molar-refractivity contribution is 5.96. The second kappa shape index (κ2) is 15.9. The average Bonchev–Trinajstić information content (AvgIpc) is 2.88. The lowest BCUT2D eigenvalue weighted by Crippen LogP contribution is -2.12. The van der Waals surface area contributed by atoms with E-state index in [2.05, 4.69) is 51.1 Å². The van der Waals surface area contributed by atoms with Gasteiger partial charge in [0.25, 0.3) is 0 Å². The highest BCUT2D eigenvalue weighted by atomic mass is 16.5. The molecule has 194 valence electrons. The van der Waals surface area contributed by atoms with Crippen molar-refractivity contribution in [1.29, 1.82) is 0 Å². The summed E-state index contributed by atoms with van der Waals surface area (Å²) < 4.78 is 13.2. The first-order valence-electron chi connectivity index (χ1n) is 14.8. The molecule has 0 saturated carbocycles. The quantitative estimate of drug-likeness (QED) is 0.157. The van der Waals surface area contributed by atoms with Crippen molar-refractivity contribution in [2.24, 2.45) is 0 Å². The molecule has 35 heavy (non-hydrogen) atoms. The third kappa shape index (κ3) is 8.29. The van der Waals surface area contributed by atoms with Crippen molar-refractivity contribution < 1.29 is 9.47 Å². The largest absolute Gasteiger partial charge is 0.493 e. The first-order chi connectivity index (χ1) is 17.3. The van der Waals surface area contributed by atoms with Crippen LogP contribution < -0.4 is 9.47 Å². The van der Waals surface area contributed by atoms with Crippen LogP contribution in [0, 0.1) is 0 Å². The molecule has 0 fully saturated rings. The number of benzene rings is 2. The number of allylic oxidation sites excluding steroid dienone is 2. The van der Waals surface area contributed by atoms with E-state index in [-0.39, 0.29) is 0 Å². The summed E-state index contributed by atoms with van der Waals surface area (Å²) in [6.45, 7) is 8.45. The molecule has 3 rings (SSSR count). The van der Waals surface area contributed by atoms with Gasteiger partial charge in [-0.2, -0.15) is 0 Å². The van der Waals surface area contributed by atoms with E-state index in [4.69, 9.17) is 9.47 Å². The molecule has 0 amide bonds. The van der Waals surface area contributed by atoms with Gasteiger partial charge in [0.2, 0.25) is 0 Å². The molecule has 0 unspecified atom stereocenters. The van der Waals surface area contributed by atoms with Gasteiger partial charge in [0, 0.05) is 21.9 Å². The summed E-state index contributed by atoms with van der Waals surface area (Å²) in [5, 5.41) is 2.46. The predicted molar refractivity (Wildman–Crippen MR) is 152 cm³/mol. The molecule has 2 nitrogen and oxygen atoms in total. The fraction of sp³-hybridized carbons (Fsp3) is 0.636. The van der Waals surface area contributed by atoms with Crippen LogP contribution in [0.3, 0.4) is 0 Å². The number of hydrogen-bond acceptors (Lipinski definition) is 2. The van der Waals surface area contributed by atoms with E-state index in [1.54, 1.807) is 5.57 Å². The van der Waals surface area contributed by atoms with E-state index >= 15 is 0 Å². The molecule has 2 heteroatoms. The Hall–Kier alpha value is -1.96. The van der Waals surface area contributed by atoms with Gasteiger partial charge in [-0.15, -0.1) is 0 Å². The van der Waals surface area contributed by atoms with Crippen LogP contribution in [0.2, 0.25) is 0 Å². The molecular formula is C33H50O2. The van der Waals surface area contributed by atoms with Gasteiger partial charge in [0.1, 0.15) is 11.5 Å². The summed E-state index contributed by atoms with van der Waals surface area (Å²) in [4.78, 5) is 0. The Morgan fingerprint density at radius 1 is 0.600 bits per heavy atom. The van der Waals surface area contributed by atoms with Crippen LogP contribution in [0.5, 0.6) is 11.5 Å². The first-order valence-corrected chi connectivity index (χ1v) is 14.8. The maximum Gasteiger partial charge on any atom is 0.131 e. The zero-order valence-corrected chi connectivity index (χ0v) is 22.9. The van der Waals surface area contributed by atoms with Gasteiger partial charge >= 0.3 is 0 Å². The minimum Gasteiger partial charge on any atom is -0.493 e. The van der Waals surface area contributed by atoms with E-state index in [0.717, 1.165) is 50.4 Å². The van der Waals surface area contributed by atoms with Crippen LogP contribution in [0.25, 0.3) is 10.8 Å². The van der Waals surface area contributed by atoms with E-state index in [0.29, 0.717) is 0 Å².